The molecule has 1 fully saturated rings. The second-order valence-electron chi connectivity index (χ2n) is 9.71. The molecule has 1 N–H and O–H groups in total. The first-order valence-electron chi connectivity index (χ1n) is 13.0. The molecule has 3 aromatic carbocycles. The van der Waals surface area contributed by atoms with E-state index < -0.39 is 9.84 Å². The SMILES string of the molecule is CCS(=O)(=O)c1ccc(CC(=O)Nc2ccc(C(=O)N(C)C(c3ccc(Cl)cc3)C3CCOCC3)cc2)cc1. The minimum absolute atomic E-state index is 0.0262. The summed E-state index contributed by atoms with van der Waals surface area (Å²) in [4.78, 5) is 28.1. The molecule has 1 saturated heterocycles. The Morgan fingerprint density at radius 3 is 2.18 bits per heavy atom. The van der Waals surface area contributed by atoms with E-state index in [2.05, 4.69) is 5.32 Å². The van der Waals surface area contributed by atoms with Crippen LogP contribution in [0.1, 0.15) is 47.3 Å². The molecule has 1 aliphatic rings. The van der Waals surface area contributed by atoms with Crippen LogP contribution >= 0.6 is 11.6 Å². The molecule has 0 bridgehead atoms. The van der Waals surface area contributed by atoms with Crippen molar-refractivity contribution in [3.8, 4) is 0 Å². The van der Waals surface area contributed by atoms with E-state index in [0.29, 0.717) is 35.1 Å². The lowest BCUT2D eigenvalue weighted by atomic mass is 9.86. The molecular formula is C30H33ClN2O5S. The van der Waals surface area contributed by atoms with Crippen molar-refractivity contribution in [3.63, 3.8) is 0 Å². The highest BCUT2D eigenvalue weighted by atomic mass is 35.5. The average molecular weight is 569 g/mol. The second kappa shape index (κ2) is 12.8. The lowest BCUT2D eigenvalue weighted by molar-refractivity contribution is -0.115. The standard InChI is InChI=1S/C30H33ClN2O5S/c1-3-39(36,37)27-14-4-21(5-15-27)20-28(34)32-26-12-8-24(9-13-26)30(35)33(2)29(23-16-18-38-19-17-23)22-6-10-25(31)11-7-22/h4-15,23,29H,3,16-20H2,1-2H3,(H,32,34). The van der Waals surface area contributed by atoms with Gasteiger partial charge in [0.2, 0.25) is 5.91 Å². The first kappa shape index (κ1) is 28.8. The zero-order valence-corrected chi connectivity index (χ0v) is 23.7. The van der Waals surface area contributed by atoms with Crippen LogP contribution in [0.25, 0.3) is 0 Å². The highest BCUT2D eigenvalue weighted by Crippen LogP contribution is 2.35. The van der Waals surface area contributed by atoms with Crippen LogP contribution in [0, 0.1) is 5.92 Å². The molecule has 0 aromatic heterocycles. The highest BCUT2D eigenvalue weighted by molar-refractivity contribution is 7.91. The molecule has 3 aromatic rings. The summed E-state index contributed by atoms with van der Waals surface area (Å²) < 4.78 is 29.5. The summed E-state index contributed by atoms with van der Waals surface area (Å²) >= 11 is 6.11. The van der Waals surface area contributed by atoms with Crippen LogP contribution in [0.2, 0.25) is 5.02 Å². The van der Waals surface area contributed by atoms with Gasteiger partial charge in [0.1, 0.15) is 0 Å². The average Bonchev–Trinajstić information content (AvgIpc) is 2.95. The summed E-state index contributed by atoms with van der Waals surface area (Å²) in [7, 11) is -1.46. The van der Waals surface area contributed by atoms with Gasteiger partial charge in [-0.1, -0.05) is 42.8 Å². The number of hydrogen-bond donors (Lipinski definition) is 1. The Morgan fingerprint density at radius 2 is 1.59 bits per heavy atom. The smallest absolute Gasteiger partial charge is 0.254 e. The number of halogens is 1. The number of nitrogens with zero attached hydrogens (tertiary/aromatic N) is 1. The van der Waals surface area contributed by atoms with Crippen molar-refractivity contribution in [2.45, 2.75) is 37.1 Å². The van der Waals surface area contributed by atoms with Gasteiger partial charge in [-0.2, -0.15) is 0 Å². The summed E-state index contributed by atoms with van der Waals surface area (Å²) in [6.45, 7) is 2.94. The number of rotatable bonds is 9. The third kappa shape index (κ3) is 7.26. The van der Waals surface area contributed by atoms with Crippen LogP contribution < -0.4 is 5.32 Å². The molecule has 0 radical (unpaired) electrons. The van der Waals surface area contributed by atoms with Crippen molar-refractivity contribution in [1.29, 1.82) is 0 Å². The van der Waals surface area contributed by atoms with E-state index in [-0.39, 0.29) is 40.8 Å². The van der Waals surface area contributed by atoms with Crippen LogP contribution in [-0.2, 0) is 25.8 Å². The van der Waals surface area contributed by atoms with E-state index in [1.54, 1.807) is 48.2 Å². The van der Waals surface area contributed by atoms with Crippen molar-refractivity contribution in [3.05, 3.63) is 94.5 Å². The van der Waals surface area contributed by atoms with Gasteiger partial charge in [0, 0.05) is 36.5 Å². The molecule has 1 atom stereocenters. The van der Waals surface area contributed by atoms with Crippen LogP contribution in [0.4, 0.5) is 5.69 Å². The molecule has 1 aliphatic heterocycles. The van der Waals surface area contributed by atoms with Gasteiger partial charge in [-0.3, -0.25) is 9.59 Å². The van der Waals surface area contributed by atoms with E-state index >= 15 is 0 Å². The third-order valence-corrected chi connectivity index (χ3v) is 9.11. The quantitative estimate of drug-likeness (QED) is 0.365. The van der Waals surface area contributed by atoms with Crippen molar-refractivity contribution in [2.24, 2.45) is 5.92 Å². The molecule has 206 valence electrons. The zero-order chi connectivity index (χ0) is 28.0. The van der Waals surface area contributed by atoms with E-state index in [1.165, 1.54) is 12.1 Å². The molecule has 0 spiro atoms. The number of benzene rings is 3. The van der Waals surface area contributed by atoms with Crippen LogP contribution in [0.5, 0.6) is 0 Å². The maximum absolute atomic E-state index is 13.5. The van der Waals surface area contributed by atoms with Crippen molar-refractivity contribution >= 4 is 38.9 Å². The molecule has 0 aliphatic carbocycles. The van der Waals surface area contributed by atoms with Gasteiger partial charge in [0.15, 0.2) is 9.84 Å². The summed E-state index contributed by atoms with van der Waals surface area (Å²) in [6.07, 6.45) is 1.84. The Morgan fingerprint density at radius 1 is 0.974 bits per heavy atom. The first-order valence-corrected chi connectivity index (χ1v) is 15.0. The molecule has 2 amide bonds. The van der Waals surface area contributed by atoms with Gasteiger partial charge >= 0.3 is 0 Å². The highest BCUT2D eigenvalue weighted by Gasteiger charge is 2.31. The van der Waals surface area contributed by atoms with Crippen LogP contribution in [-0.4, -0.2) is 51.1 Å². The Labute approximate surface area is 235 Å². The number of nitrogens with one attached hydrogen (secondary N) is 1. The third-order valence-electron chi connectivity index (χ3n) is 7.10. The lowest BCUT2D eigenvalue weighted by Crippen LogP contribution is -2.37. The minimum atomic E-state index is -3.28. The maximum Gasteiger partial charge on any atom is 0.254 e. The number of carbonyl (C=O) groups is 2. The largest absolute Gasteiger partial charge is 0.381 e. The summed E-state index contributed by atoms with van der Waals surface area (Å²) in [5, 5.41) is 3.49. The molecule has 39 heavy (non-hydrogen) atoms. The maximum atomic E-state index is 13.5. The van der Waals surface area contributed by atoms with Gasteiger partial charge in [0.25, 0.3) is 5.91 Å². The van der Waals surface area contributed by atoms with E-state index in [0.717, 1.165) is 18.4 Å². The fourth-order valence-corrected chi connectivity index (χ4v) is 5.91. The number of hydrogen-bond acceptors (Lipinski definition) is 5. The second-order valence-corrected chi connectivity index (χ2v) is 12.4. The summed E-state index contributed by atoms with van der Waals surface area (Å²) in [6, 6.07) is 20.7. The van der Waals surface area contributed by atoms with Crippen molar-refractivity contribution in [2.75, 3.05) is 31.3 Å². The molecular weight excluding hydrogens is 536 g/mol. The monoisotopic (exact) mass is 568 g/mol. The lowest BCUT2D eigenvalue weighted by Gasteiger charge is -2.37. The fourth-order valence-electron chi connectivity index (χ4n) is 4.90. The van der Waals surface area contributed by atoms with Gasteiger partial charge in [-0.25, -0.2) is 8.42 Å². The van der Waals surface area contributed by atoms with Gasteiger partial charge < -0.3 is 15.0 Å². The Balaban J connectivity index is 1.42. The summed E-state index contributed by atoms with van der Waals surface area (Å²) in [5.74, 6) is -0.0528. The van der Waals surface area contributed by atoms with E-state index in [4.69, 9.17) is 16.3 Å². The predicted octanol–water partition coefficient (Wildman–Crippen LogP) is 5.55. The van der Waals surface area contributed by atoms with Gasteiger partial charge in [-0.05, 0) is 78.4 Å². The van der Waals surface area contributed by atoms with Crippen molar-refractivity contribution in [1.82, 2.24) is 4.90 Å². The predicted molar refractivity (Wildman–Crippen MR) is 153 cm³/mol. The Bertz CT molecular complexity index is 1380. The number of carbonyl (C=O) groups excluding carboxylic acids is 2. The zero-order valence-electron chi connectivity index (χ0n) is 22.1. The van der Waals surface area contributed by atoms with Gasteiger partial charge in [-0.15, -0.1) is 0 Å². The topological polar surface area (TPSA) is 92.8 Å². The first-order chi connectivity index (χ1) is 18.7. The van der Waals surface area contributed by atoms with Crippen LogP contribution in [0.3, 0.4) is 0 Å². The summed E-state index contributed by atoms with van der Waals surface area (Å²) in [5.41, 5.74) is 2.83. The van der Waals surface area contributed by atoms with Crippen molar-refractivity contribution < 1.29 is 22.7 Å². The molecule has 7 nitrogen and oxygen atoms in total. The fraction of sp³-hybridized carbons (Fsp3) is 0.333. The molecule has 4 rings (SSSR count). The van der Waals surface area contributed by atoms with E-state index in [1.807, 2.05) is 31.3 Å². The number of anilines is 1. The number of amides is 2. The van der Waals surface area contributed by atoms with Gasteiger partial charge in [0.05, 0.1) is 23.1 Å². The molecule has 1 heterocycles. The molecule has 9 heteroatoms. The van der Waals surface area contributed by atoms with E-state index in [9.17, 15) is 18.0 Å². The number of sulfone groups is 1. The number of ether oxygens (including phenoxy) is 1. The Hall–Kier alpha value is -3.20. The Kier molecular flexibility index (Phi) is 9.43. The van der Waals surface area contributed by atoms with Crippen LogP contribution in [0.15, 0.2) is 77.7 Å². The normalized spacial score (nSPS) is 14.9. The minimum Gasteiger partial charge on any atom is -0.381 e. The molecule has 1 unspecified atom stereocenters. The molecule has 0 saturated carbocycles.